The monoisotopic (exact) mass is 210 g/mol. The van der Waals surface area contributed by atoms with E-state index >= 15 is 0 Å². The molecule has 4 heteroatoms. The van der Waals surface area contributed by atoms with Gasteiger partial charge in [-0.2, -0.15) is 0 Å². The van der Waals surface area contributed by atoms with Gasteiger partial charge in [0, 0.05) is 5.39 Å². The molecular weight excluding hydrogens is 200 g/mol. The van der Waals surface area contributed by atoms with Crippen molar-refractivity contribution >= 4 is 27.8 Å². The fraction of sp³-hybridized carbons (Fsp3) is 0.0833. The molecule has 3 rings (SSSR count). The third-order valence-electron chi connectivity index (χ3n) is 2.77. The van der Waals surface area contributed by atoms with Gasteiger partial charge in [0.2, 0.25) is 0 Å². The van der Waals surface area contributed by atoms with Gasteiger partial charge in [0.15, 0.2) is 5.65 Å². The third-order valence-corrected chi connectivity index (χ3v) is 2.77. The molecule has 0 aliphatic carbocycles. The van der Waals surface area contributed by atoms with Gasteiger partial charge in [-0.25, -0.2) is 15.0 Å². The summed E-state index contributed by atoms with van der Waals surface area (Å²) in [7, 11) is 0. The van der Waals surface area contributed by atoms with Crippen LogP contribution >= 0.6 is 0 Å². The second-order valence-corrected chi connectivity index (χ2v) is 3.71. The highest BCUT2D eigenvalue weighted by molar-refractivity contribution is 5.99. The average molecular weight is 210 g/mol. The predicted molar refractivity (Wildman–Crippen MR) is 64.0 cm³/mol. The van der Waals surface area contributed by atoms with Gasteiger partial charge in [0.25, 0.3) is 0 Å². The number of nitrogens with two attached hydrogens (primary N) is 1. The summed E-state index contributed by atoms with van der Waals surface area (Å²) in [5.74, 6) is 0.487. The highest BCUT2D eigenvalue weighted by Crippen LogP contribution is 2.26. The highest BCUT2D eigenvalue weighted by Gasteiger charge is 2.08. The number of rotatable bonds is 0. The molecule has 78 valence electrons. The van der Waals surface area contributed by atoms with Gasteiger partial charge in [0.05, 0.1) is 10.9 Å². The number of hydrogen-bond acceptors (Lipinski definition) is 4. The van der Waals surface area contributed by atoms with Crippen LogP contribution in [0.3, 0.4) is 0 Å². The minimum absolute atomic E-state index is 0.487. The number of aromatic nitrogens is 3. The van der Waals surface area contributed by atoms with Crippen LogP contribution in [-0.4, -0.2) is 15.0 Å². The van der Waals surface area contributed by atoms with E-state index in [1.165, 1.54) is 6.33 Å². The number of hydrogen-bond donors (Lipinski definition) is 1. The summed E-state index contributed by atoms with van der Waals surface area (Å²) in [6.45, 7) is 2.02. The first-order valence-corrected chi connectivity index (χ1v) is 5.03. The minimum Gasteiger partial charge on any atom is -0.383 e. The van der Waals surface area contributed by atoms with Gasteiger partial charge >= 0.3 is 0 Å². The van der Waals surface area contributed by atoms with Crippen molar-refractivity contribution in [2.45, 2.75) is 6.92 Å². The average Bonchev–Trinajstić information content (AvgIpc) is 2.29. The van der Waals surface area contributed by atoms with E-state index in [0.717, 1.165) is 21.9 Å². The molecule has 4 nitrogen and oxygen atoms in total. The van der Waals surface area contributed by atoms with E-state index in [4.69, 9.17) is 5.73 Å². The molecule has 2 N–H and O–H groups in total. The van der Waals surface area contributed by atoms with Crippen LogP contribution < -0.4 is 5.73 Å². The zero-order valence-electron chi connectivity index (χ0n) is 8.81. The van der Waals surface area contributed by atoms with Gasteiger partial charge in [0.1, 0.15) is 12.1 Å². The highest BCUT2D eigenvalue weighted by atomic mass is 15.0. The van der Waals surface area contributed by atoms with Gasteiger partial charge in [-0.05, 0) is 18.6 Å². The molecule has 0 unspecified atom stereocenters. The summed E-state index contributed by atoms with van der Waals surface area (Å²) in [5.41, 5.74) is 8.53. The topological polar surface area (TPSA) is 64.7 Å². The van der Waals surface area contributed by atoms with Crippen LogP contribution in [0, 0.1) is 6.92 Å². The number of anilines is 1. The summed E-state index contributed by atoms with van der Waals surface area (Å²) in [4.78, 5) is 12.6. The van der Waals surface area contributed by atoms with Crippen molar-refractivity contribution in [2.75, 3.05) is 5.73 Å². The maximum atomic E-state index is 5.86. The lowest BCUT2D eigenvalue weighted by Crippen LogP contribution is -1.97. The standard InChI is InChI=1S/C12H10N4/c1-7-8-4-2-3-5-9(8)16-12-10(7)11(13)14-6-15-12/h2-6H,1H3,(H2,13,14,15,16). The van der Waals surface area contributed by atoms with Crippen LogP contribution in [0.2, 0.25) is 0 Å². The summed E-state index contributed by atoms with van der Waals surface area (Å²) >= 11 is 0. The molecule has 0 aliphatic rings. The van der Waals surface area contributed by atoms with Crippen molar-refractivity contribution in [3.63, 3.8) is 0 Å². The van der Waals surface area contributed by atoms with Crippen LogP contribution in [0.15, 0.2) is 30.6 Å². The molecule has 2 aromatic heterocycles. The summed E-state index contributed by atoms with van der Waals surface area (Å²) in [6.07, 6.45) is 1.44. The Labute approximate surface area is 92.2 Å². The second kappa shape index (κ2) is 3.13. The Morgan fingerprint density at radius 3 is 2.81 bits per heavy atom. The van der Waals surface area contributed by atoms with E-state index in [0.29, 0.717) is 11.5 Å². The zero-order valence-corrected chi connectivity index (χ0v) is 8.81. The third kappa shape index (κ3) is 1.13. The molecule has 0 radical (unpaired) electrons. The number of nitrogens with zero attached hydrogens (tertiary/aromatic N) is 3. The Bertz CT molecular complexity index is 691. The fourth-order valence-electron chi connectivity index (χ4n) is 1.97. The van der Waals surface area contributed by atoms with Gasteiger partial charge in [-0.1, -0.05) is 18.2 Å². The molecule has 1 aromatic carbocycles. The summed E-state index contributed by atoms with van der Waals surface area (Å²) in [5, 5.41) is 1.94. The minimum atomic E-state index is 0.487. The number of aryl methyl sites for hydroxylation is 1. The Kier molecular flexibility index (Phi) is 1.77. The van der Waals surface area contributed by atoms with E-state index < -0.39 is 0 Å². The lowest BCUT2D eigenvalue weighted by atomic mass is 10.1. The van der Waals surface area contributed by atoms with Crippen LogP contribution in [0.25, 0.3) is 21.9 Å². The maximum Gasteiger partial charge on any atom is 0.165 e. The fourth-order valence-corrected chi connectivity index (χ4v) is 1.97. The largest absolute Gasteiger partial charge is 0.383 e. The van der Waals surface area contributed by atoms with Gasteiger partial charge in [-0.15, -0.1) is 0 Å². The van der Waals surface area contributed by atoms with Crippen LogP contribution in [0.4, 0.5) is 5.82 Å². The Balaban J connectivity index is 2.62. The molecule has 16 heavy (non-hydrogen) atoms. The number of benzene rings is 1. The van der Waals surface area contributed by atoms with E-state index in [2.05, 4.69) is 15.0 Å². The van der Waals surface area contributed by atoms with Crippen molar-refractivity contribution < 1.29 is 0 Å². The number of fused-ring (bicyclic) bond motifs is 2. The van der Waals surface area contributed by atoms with E-state index in [-0.39, 0.29) is 0 Å². The van der Waals surface area contributed by atoms with E-state index in [9.17, 15) is 0 Å². The molecule has 0 amide bonds. The Hall–Kier alpha value is -2.23. The maximum absolute atomic E-state index is 5.86. The first-order valence-electron chi connectivity index (χ1n) is 5.03. The molecule has 2 heterocycles. The molecule has 0 bridgehead atoms. The van der Waals surface area contributed by atoms with Crippen molar-refractivity contribution in [3.8, 4) is 0 Å². The van der Waals surface area contributed by atoms with Crippen molar-refractivity contribution in [1.29, 1.82) is 0 Å². The number of nitrogen functional groups attached to an aromatic ring is 1. The normalized spacial score (nSPS) is 11.1. The van der Waals surface area contributed by atoms with Crippen LogP contribution in [-0.2, 0) is 0 Å². The smallest absolute Gasteiger partial charge is 0.165 e. The Morgan fingerprint density at radius 2 is 1.94 bits per heavy atom. The van der Waals surface area contributed by atoms with Gasteiger partial charge < -0.3 is 5.73 Å². The molecule has 3 aromatic rings. The first kappa shape index (κ1) is 9.03. The molecule has 0 spiro atoms. The van der Waals surface area contributed by atoms with E-state index in [1.807, 2.05) is 31.2 Å². The van der Waals surface area contributed by atoms with Crippen molar-refractivity contribution in [1.82, 2.24) is 15.0 Å². The molecular formula is C12H10N4. The second-order valence-electron chi connectivity index (χ2n) is 3.71. The molecule has 0 fully saturated rings. The molecule has 0 aliphatic heterocycles. The molecule has 0 saturated carbocycles. The lowest BCUT2D eigenvalue weighted by molar-refractivity contribution is 1.20. The van der Waals surface area contributed by atoms with E-state index in [1.54, 1.807) is 0 Å². The van der Waals surface area contributed by atoms with Crippen LogP contribution in [0.1, 0.15) is 5.56 Å². The molecule has 0 saturated heterocycles. The number of pyridine rings is 1. The lowest BCUT2D eigenvalue weighted by Gasteiger charge is -2.06. The first-order chi connectivity index (χ1) is 7.77. The zero-order chi connectivity index (χ0) is 11.1. The predicted octanol–water partition coefficient (Wildman–Crippen LogP) is 2.07. The number of para-hydroxylation sites is 1. The van der Waals surface area contributed by atoms with Crippen molar-refractivity contribution in [3.05, 3.63) is 36.2 Å². The molecule has 0 atom stereocenters. The van der Waals surface area contributed by atoms with Crippen molar-refractivity contribution in [2.24, 2.45) is 0 Å². The quantitative estimate of drug-likeness (QED) is 0.577. The van der Waals surface area contributed by atoms with Crippen LogP contribution in [0.5, 0.6) is 0 Å². The van der Waals surface area contributed by atoms with Gasteiger partial charge in [-0.3, -0.25) is 0 Å². The summed E-state index contributed by atoms with van der Waals surface area (Å²) in [6, 6.07) is 7.96. The summed E-state index contributed by atoms with van der Waals surface area (Å²) < 4.78 is 0. The SMILES string of the molecule is Cc1c2ccccc2nc2ncnc(N)c12. The Morgan fingerprint density at radius 1 is 1.12 bits per heavy atom.